The van der Waals surface area contributed by atoms with Gasteiger partial charge in [-0.3, -0.25) is 0 Å². The molecule has 0 aliphatic carbocycles. The molecule has 112 valence electrons. The fraction of sp³-hybridized carbons (Fsp3) is 0.647. The maximum absolute atomic E-state index is 6.10. The molecule has 3 nitrogen and oxygen atoms in total. The Kier molecular flexibility index (Phi) is 6.89. The molecule has 0 unspecified atom stereocenters. The highest BCUT2D eigenvalue weighted by Crippen LogP contribution is 2.14. The van der Waals surface area contributed by atoms with Crippen LogP contribution in [0.1, 0.15) is 39.0 Å². The number of benzene rings is 1. The summed E-state index contributed by atoms with van der Waals surface area (Å²) in [6.45, 7) is 4.74. The molecule has 0 amide bonds. The molecule has 0 bridgehead atoms. The Hall–Kier alpha value is -1.06. The maximum Gasteiger partial charge on any atom is 0.119 e. The van der Waals surface area contributed by atoms with Crippen molar-refractivity contribution in [3.8, 4) is 5.75 Å². The summed E-state index contributed by atoms with van der Waals surface area (Å²) in [4.78, 5) is 0. The smallest absolute Gasteiger partial charge is 0.119 e. The lowest BCUT2D eigenvalue weighted by Crippen LogP contribution is -2.47. The molecule has 1 aromatic carbocycles. The van der Waals surface area contributed by atoms with Gasteiger partial charge in [-0.15, -0.1) is 0 Å². The molecular formula is C17H27NO2. The largest absolute Gasteiger partial charge is 0.491 e. The highest BCUT2D eigenvalue weighted by Gasteiger charge is 2.22. The SMILES string of the molecule is CCCCCC[C@@H]1CNC[C@@H](COc2ccccc2)O1. The number of morpholine rings is 1. The summed E-state index contributed by atoms with van der Waals surface area (Å²) < 4.78 is 11.9. The minimum atomic E-state index is 0.167. The van der Waals surface area contributed by atoms with Crippen LogP contribution in [0.15, 0.2) is 30.3 Å². The summed E-state index contributed by atoms with van der Waals surface area (Å²) in [5, 5.41) is 3.46. The number of ether oxygens (including phenoxy) is 2. The van der Waals surface area contributed by atoms with E-state index in [0.717, 1.165) is 25.3 Å². The fourth-order valence-electron chi connectivity index (χ4n) is 2.55. The summed E-state index contributed by atoms with van der Waals surface area (Å²) >= 11 is 0. The van der Waals surface area contributed by atoms with Gasteiger partial charge in [0, 0.05) is 13.1 Å². The van der Waals surface area contributed by atoms with Crippen LogP contribution in [0.5, 0.6) is 5.75 Å². The summed E-state index contributed by atoms with van der Waals surface area (Å²) in [5.74, 6) is 0.918. The first kappa shape index (κ1) is 15.3. The van der Waals surface area contributed by atoms with E-state index in [-0.39, 0.29) is 6.10 Å². The van der Waals surface area contributed by atoms with Crippen LogP contribution in [0.2, 0.25) is 0 Å². The second kappa shape index (κ2) is 8.98. The van der Waals surface area contributed by atoms with Crippen molar-refractivity contribution in [1.82, 2.24) is 5.32 Å². The number of hydrogen-bond donors (Lipinski definition) is 1. The van der Waals surface area contributed by atoms with Gasteiger partial charge in [0.05, 0.1) is 6.10 Å². The van der Waals surface area contributed by atoms with Crippen molar-refractivity contribution in [3.05, 3.63) is 30.3 Å². The number of hydrogen-bond acceptors (Lipinski definition) is 3. The Morgan fingerprint density at radius 1 is 1.10 bits per heavy atom. The molecule has 2 atom stereocenters. The first-order chi connectivity index (χ1) is 9.88. The Balaban J connectivity index is 1.65. The Morgan fingerprint density at radius 3 is 2.70 bits per heavy atom. The topological polar surface area (TPSA) is 30.5 Å². The molecule has 3 heteroatoms. The monoisotopic (exact) mass is 277 g/mol. The van der Waals surface area contributed by atoms with Gasteiger partial charge in [-0.2, -0.15) is 0 Å². The molecule has 1 saturated heterocycles. The van der Waals surface area contributed by atoms with Crippen molar-refractivity contribution in [3.63, 3.8) is 0 Å². The molecule has 0 radical (unpaired) electrons. The van der Waals surface area contributed by atoms with Crippen LogP contribution in [-0.2, 0) is 4.74 Å². The van der Waals surface area contributed by atoms with Crippen molar-refractivity contribution < 1.29 is 9.47 Å². The van der Waals surface area contributed by atoms with Crippen LogP contribution in [0.4, 0.5) is 0 Å². The second-order valence-corrected chi connectivity index (χ2v) is 5.51. The summed E-state index contributed by atoms with van der Waals surface area (Å²) in [6, 6.07) is 9.95. The predicted octanol–water partition coefficient (Wildman–Crippen LogP) is 3.39. The van der Waals surface area contributed by atoms with Crippen LogP contribution in [0.25, 0.3) is 0 Å². The van der Waals surface area contributed by atoms with E-state index in [1.54, 1.807) is 0 Å². The molecule has 1 heterocycles. The summed E-state index contributed by atoms with van der Waals surface area (Å²) in [5.41, 5.74) is 0. The van der Waals surface area contributed by atoms with Gasteiger partial charge in [-0.25, -0.2) is 0 Å². The van der Waals surface area contributed by atoms with Gasteiger partial charge < -0.3 is 14.8 Å². The lowest BCUT2D eigenvalue weighted by atomic mass is 10.1. The first-order valence-corrected chi connectivity index (χ1v) is 7.92. The Morgan fingerprint density at radius 2 is 1.90 bits per heavy atom. The molecular weight excluding hydrogens is 250 g/mol. The van der Waals surface area contributed by atoms with Crippen molar-refractivity contribution in [2.24, 2.45) is 0 Å². The Bertz CT molecular complexity index is 355. The average molecular weight is 277 g/mol. The standard InChI is InChI=1S/C17H27NO2/c1-2-3-4-6-11-16-12-18-13-17(20-16)14-19-15-9-7-5-8-10-15/h5,7-10,16-18H,2-4,6,11-14H2,1H3/t16-,17+/m1/s1. The number of nitrogens with one attached hydrogen (secondary N) is 1. The Labute approximate surface area is 122 Å². The number of unbranched alkanes of at least 4 members (excludes halogenated alkanes) is 3. The molecule has 0 aromatic heterocycles. The zero-order valence-corrected chi connectivity index (χ0v) is 12.5. The van der Waals surface area contributed by atoms with Crippen LogP contribution < -0.4 is 10.1 Å². The van der Waals surface area contributed by atoms with Crippen molar-refractivity contribution in [1.29, 1.82) is 0 Å². The molecule has 0 spiro atoms. The van der Waals surface area contributed by atoms with E-state index in [0.29, 0.717) is 12.7 Å². The zero-order chi connectivity index (χ0) is 14.0. The average Bonchev–Trinajstić information content (AvgIpc) is 2.51. The van der Waals surface area contributed by atoms with E-state index in [2.05, 4.69) is 12.2 Å². The number of para-hydroxylation sites is 1. The van der Waals surface area contributed by atoms with Crippen LogP contribution in [-0.4, -0.2) is 31.9 Å². The van der Waals surface area contributed by atoms with Crippen molar-refractivity contribution in [2.45, 2.75) is 51.2 Å². The van der Waals surface area contributed by atoms with Gasteiger partial charge >= 0.3 is 0 Å². The van der Waals surface area contributed by atoms with E-state index in [9.17, 15) is 0 Å². The normalized spacial score (nSPS) is 22.6. The minimum absolute atomic E-state index is 0.167. The molecule has 1 aromatic rings. The van der Waals surface area contributed by atoms with Gasteiger partial charge in [0.15, 0.2) is 0 Å². The van der Waals surface area contributed by atoms with E-state index in [1.165, 1.54) is 25.7 Å². The van der Waals surface area contributed by atoms with E-state index < -0.39 is 0 Å². The molecule has 1 aliphatic heterocycles. The highest BCUT2D eigenvalue weighted by atomic mass is 16.5. The van der Waals surface area contributed by atoms with Gasteiger partial charge in [0.1, 0.15) is 18.5 Å². The first-order valence-electron chi connectivity index (χ1n) is 7.92. The summed E-state index contributed by atoms with van der Waals surface area (Å²) in [6.07, 6.45) is 6.89. The van der Waals surface area contributed by atoms with E-state index in [1.807, 2.05) is 30.3 Å². The third kappa shape index (κ3) is 5.51. The highest BCUT2D eigenvalue weighted by molar-refractivity contribution is 5.20. The van der Waals surface area contributed by atoms with Gasteiger partial charge in [-0.1, -0.05) is 50.8 Å². The maximum atomic E-state index is 6.10. The van der Waals surface area contributed by atoms with Gasteiger partial charge in [-0.05, 0) is 18.6 Å². The predicted molar refractivity (Wildman–Crippen MR) is 82.2 cm³/mol. The second-order valence-electron chi connectivity index (χ2n) is 5.51. The molecule has 1 aliphatic rings. The minimum Gasteiger partial charge on any atom is -0.491 e. The number of rotatable bonds is 8. The van der Waals surface area contributed by atoms with Crippen LogP contribution >= 0.6 is 0 Å². The van der Waals surface area contributed by atoms with E-state index >= 15 is 0 Å². The molecule has 20 heavy (non-hydrogen) atoms. The molecule has 1 fully saturated rings. The quantitative estimate of drug-likeness (QED) is 0.739. The third-order valence-corrected chi connectivity index (χ3v) is 3.69. The van der Waals surface area contributed by atoms with Gasteiger partial charge in [0.25, 0.3) is 0 Å². The van der Waals surface area contributed by atoms with E-state index in [4.69, 9.17) is 9.47 Å². The van der Waals surface area contributed by atoms with Crippen molar-refractivity contribution >= 4 is 0 Å². The lowest BCUT2D eigenvalue weighted by molar-refractivity contribution is -0.0593. The molecule has 1 N–H and O–H groups in total. The fourth-order valence-corrected chi connectivity index (χ4v) is 2.55. The van der Waals surface area contributed by atoms with Crippen LogP contribution in [0, 0.1) is 0 Å². The van der Waals surface area contributed by atoms with Crippen molar-refractivity contribution in [2.75, 3.05) is 19.7 Å². The molecule has 2 rings (SSSR count). The third-order valence-electron chi connectivity index (χ3n) is 3.69. The summed E-state index contributed by atoms with van der Waals surface area (Å²) in [7, 11) is 0. The zero-order valence-electron chi connectivity index (χ0n) is 12.5. The van der Waals surface area contributed by atoms with Crippen LogP contribution in [0.3, 0.4) is 0 Å². The lowest BCUT2D eigenvalue weighted by Gasteiger charge is -2.31. The molecule has 0 saturated carbocycles. The van der Waals surface area contributed by atoms with Gasteiger partial charge in [0.2, 0.25) is 0 Å².